The molecule has 47 heavy (non-hydrogen) atoms. The van der Waals surface area contributed by atoms with Crippen LogP contribution in [0.3, 0.4) is 0 Å². The largest absolute Gasteiger partial charge is 0.369 e. The number of halogens is 1. The van der Waals surface area contributed by atoms with Crippen LogP contribution in [0, 0.1) is 11.2 Å². The summed E-state index contributed by atoms with van der Waals surface area (Å²) in [5.74, 6) is -0.406. The van der Waals surface area contributed by atoms with Gasteiger partial charge in [-0.2, -0.15) is 0 Å². The maximum atomic E-state index is 15.7. The number of piperidine rings is 1. The number of amides is 1. The highest BCUT2D eigenvalue weighted by Gasteiger charge is 2.31. The molecule has 254 valence electrons. The molecule has 0 bridgehead atoms. The number of carbonyl (C=O) groups is 2. The molecule has 0 saturated carbocycles. The van der Waals surface area contributed by atoms with E-state index in [-0.39, 0.29) is 35.3 Å². The van der Waals surface area contributed by atoms with Gasteiger partial charge in [-0.05, 0) is 56.0 Å². The van der Waals surface area contributed by atoms with Crippen LogP contribution in [0.25, 0.3) is 11.3 Å². The van der Waals surface area contributed by atoms with Crippen LogP contribution in [-0.4, -0.2) is 89.7 Å². The van der Waals surface area contributed by atoms with Gasteiger partial charge < -0.3 is 29.8 Å². The zero-order valence-corrected chi connectivity index (χ0v) is 28.9. The van der Waals surface area contributed by atoms with E-state index in [2.05, 4.69) is 47.9 Å². The van der Waals surface area contributed by atoms with E-state index in [9.17, 15) is 14.4 Å². The number of H-pyrrole nitrogens is 1. The number of anilines is 1. The van der Waals surface area contributed by atoms with Crippen molar-refractivity contribution >= 4 is 29.6 Å². The summed E-state index contributed by atoms with van der Waals surface area (Å²) in [5, 5.41) is 2.40. The predicted octanol–water partition coefficient (Wildman–Crippen LogP) is 5.31. The van der Waals surface area contributed by atoms with Crippen molar-refractivity contribution in [2.45, 2.75) is 63.1 Å². The molecule has 1 aromatic heterocycles. The second-order valence-electron chi connectivity index (χ2n) is 14.0. The fraction of sp³-hybridized carbons (Fsp3) is 0.528. The number of nitrogens with zero attached hydrogens (tertiary/aromatic N) is 4. The number of thioether (sulfide) groups is 1. The molecular weight excluding hydrogens is 616 g/mol. The summed E-state index contributed by atoms with van der Waals surface area (Å²) in [6.45, 7) is 11.5. The quantitative estimate of drug-likeness (QED) is 0.200. The van der Waals surface area contributed by atoms with Crippen LogP contribution in [0.5, 0.6) is 0 Å². The van der Waals surface area contributed by atoms with Crippen molar-refractivity contribution in [3.63, 3.8) is 0 Å². The second kappa shape index (κ2) is 15.7. The van der Waals surface area contributed by atoms with Crippen LogP contribution in [0.15, 0.2) is 59.5 Å². The SMILES string of the molecule is CN1CCN(c2cccc(F)c2C(NCCC(C)(C)C)SC(C=O)CC(=O)N2CCC(n3cc(-c4ccccc4)[nH]c3=O)CC2)CC1. The number of benzene rings is 2. The average Bonchev–Trinajstić information content (AvgIpc) is 3.45. The first-order valence-corrected chi connectivity index (χ1v) is 17.7. The minimum absolute atomic E-state index is 0.0121. The number of hydrogen-bond acceptors (Lipinski definition) is 7. The Labute approximate surface area is 281 Å². The molecule has 2 saturated heterocycles. The van der Waals surface area contributed by atoms with Crippen molar-refractivity contribution in [2.75, 3.05) is 57.8 Å². The molecule has 3 aromatic rings. The van der Waals surface area contributed by atoms with Gasteiger partial charge in [0.2, 0.25) is 5.91 Å². The first-order valence-electron chi connectivity index (χ1n) is 16.7. The molecular formula is C36H49FN6O3S. The third-order valence-corrected chi connectivity index (χ3v) is 10.5. The van der Waals surface area contributed by atoms with Gasteiger partial charge in [0, 0.05) is 69.2 Å². The topological polar surface area (TPSA) is 93.7 Å². The summed E-state index contributed by atoms with van der Waals surface area (Å²) in [4.78, 5) is 48.0. The van der Waals surface area contributed by atoms with E-state index in [0.29, 0.717) is 38.0 Å². The van der Waals surface area contributed by atoms with E-state index < -0.39 is 10.6 Å². The Kier molecular flexibility index (Phi) is 11.6. The number of hydrogen-bond donors (Lipinski definition) is 2. The number of aromatic amines is 1. The molecule has 0 spiro atoms. The zero-order chi connectivity index (χ0) is 33.6. The van der Waals surface area contributed by atoms with E-state index in [0.717, 1.165) is 55.8 Å². The fourth-order valence-electron chi connectivity index (χ4n) is 6.35. The molecule has 2 unspecified atom stereocenters. The molecule has 2 aromatic carbocycles. The minimum Gasteiger partial charge on any atom is -0.369 e. The number of aromatic nitrogens is 2. The van der Waals surface area contributed by atoms with E-state index in [4.69, 9.17) is 0 Å². The predicted molar refractivity (Wildman–Crippen MR) is 188 cm³/mol. The monoisotopic (exact) mass is 664 g/mol. The smallest absolute Gasteiger partial charge is 0.326 e. The van der Waals surface area contributed by atoms with Crippen LogP contribution in [0.4, 0.5) is 10.1 Å². The van der Waals surface area contributed by atoms with Crippen molar-refractivity contribution in [3.8, 4) is 11.3 Å². The third-order valence-electron chi connectivity index (χ3n) is 9.22. The summed E-state index contributed by atoms with van der Waals surface area (Å²) < 4.78 is 17.5. The van der Waals surface area contributed by atoms with E-state index in [1.54, 1.807) is 15.5 Å². The average molecular weight is 665 g/mol. The molecule has 0 aliphatic carbocycles. The Morgan fingerprint density at radius 2 is 1.74 bits per heavy atom. The molecule has 3 heterocycles. The summed E-state index contributed by atoms with van der Waals surface area (Å²) in [6.07, 6.45) is 4.91. The Bertz CT molecular complexity index is 1540. The van der Waals surface area contributed by atoms with Gasteiger partial charge in [-0.15, -0.1) is 11.8 Å². The van der Waals surface area contributed by atoms with Crippen molar-refractivity contribution in [1.82, 2.24) is 24.7 Å². The van der Waals surface area contributed by atoms with Crippen molar-refractivity contribution in [1.29, 1.82) is 0 Å². The number of carbonyl (C=O) groups excluding carboxylic acids is 2. The van der Waals surface area contributed by atoms with Gasteiger partial charge in [0.05, 0.1) is 16.3 Å². The first-order chi connectivity index (χ1) is 22.5. The summed E-state index contributed by atoms with van der Waals surface area (Å²) in [6, 6.07) is 14.9. The summed E-state index contributed by atoms with van der Waals surface area (Å²) >= 11 is 1.33. The Balaban J connectivity index is 1.25. The highest BCUT2D eigenvalue weighted by molar-refractivity contribution is 8.00. The number of likely N-dealkylation sites (tertiary alicyclic amines) is 1. The molecule has 2 atom stereocenters. The number of imidazole rings is 1. The lowest BCUT2D eigenvalue weighted by atomic mass is 9.92. The maximum Gasteiger partial charge on any atom is 0.326 e. The Morgan fingerprint density at radius 3 is 2.40 bits per heavy atom. The molecule has 2 aliphatic heterocycles. The van der Waals surface area contributed by atoms with Crippen LogP contribution in [0.2, 0.25) is 0 Å². The van der Waals surface area contributed by atoms with Crippen molar-refractivity contribution in [2.24, 2.45) is 5.41 Å². The Morgan fingerprint density at radius 1 is 1.04 bits per heavy atom. The van der Waals surface area contributed by atoms with Gasteiger partial charge in [-0.1, -0.05) is 57.2 Å². The van der Waals surface area contributed by atoms with Crippen molar-refractivity contribution < 1.29 is 14.0 Å². The van der Waals surface area contributed by atoms with Crippen LogP contribution in [0.1, 0.15) is 63.4 Å². The minimum atomic E-state index is -0.645. The highest BCUT2D eigenvalue weighted by atomic mass is 32.2. The van der Waals surface area contributed by atoms with Gasteiger partial charge in [0.15, 0.2) is 0 Å². The normalized spacial score (nSPS) is 17.9. The molecule has 0 radical (unpaired) electrons. The van der Waals surface area contributed by atoms with Gasteiger partial charge in [-0.25, -0.2) is 9.18 Å². The lowest BCUT2D eigenvalue weighted by Crippen LogP contribution is -2.45. The first kappa shape index (κ1) is 34.9. The number of rotatable bonds is 12. The standard InChI is InChI=1S/C36H49FN6O3S/c1-36(2,3)15-16-38-34(33-29(37)11-8-12-31(33)41-21-19-40(4)20-22-41)47-28(25-44)23-32(45)42-17-13-27(14-18-42)43-24-30(39-35(43)46)26-9-6-5-7-10-26/h5-12,24-25,27-28,34,38H,13-23H2,1-4H3,(H,39,46). The fourth-order valence-corrected chi connectivity index (χ4v) is 7.58. The van der Waals surface area contributed by atoms with Gasteiger partial charge >= 0.3 is 5.69 Å². The molecule has 9 nitrogen and oxygen atoms in total. The molecule has 2 aliphatic rings. The van der Waals surface area contributed by atoms with Crippen LogP contribution < -0.4 is 15.9 Å². The zero-order valence-electron chi connectivity index (χ0n) is 28.1. The second-order valence-corrected chi connectivity index (χ2v) is 15.3. The van der Waals surface area contributed by atoms with Gasteiger partial charge in [0.1, 0.15) is 12.1 Å². The molecule has 5 rings (SSSR count). The van der Waals surface area contributed by atoms with E-state index in [1.165, 1.54) is 17.8 Å². The van der Waals surface area contributed by atoms with E-state index in [1.807, 2.05) is 42.6 Å². The third kappa shape index (κ3) is 9.15. The number of likely N-dealkylation sites (N-methyl/N-ethyl adjacent to an activating group) is 1. The Hall–Kier alpha value is -3.41. The molecule has 2 N–H and O–H groups in total. The van der Waals surface area contributed by atoms with E-state index >= 15 is 4.39 Å². The lowest BCUT2D eigenvalue weighted by Gasteiger charge is -2.37. The molecule has 11 heteroatoms. The van der Waals surface area contributed by atoms with Gasteiger partial charge in [0.25, 0.3) is 0 Å². The van der Waals surface area contributed by atoms with Crippen LogP contribution in [-0.2, 0) is 9.59 Å². The van der Waals surface area contributed by atoms with Crippen molar-refractivity contribution in [3.05, 3.63) is 76.6 Å². The molecule has 2 fully saturated rings. The highest BCUT2D eigenvalue weighted by Crippen LogP contribution is 2.39. The van der Waals surface area contributed by atoms with Gasteiger partial charge in [-0.3, -0.25) is 9.36 Å². The summed E-state index contributed by atoms with van der Waals surface area (Å²) in [5.41, 5.74) is 3.04. The number of piperazine rings is 1. The lowest BCUT2D eigenvalue weighted by molar-refractivity contribution is -0.133. The maximum absolute atomic E-state index is 15.7. The van der Waals surface area contributed by atoms with Crippen LogP contribution >= 0.6 is 11.8 Å². The number of nitrogens with one attached hydrogen (secondary N) is 2. The number of aldehydes is 1. The summed E-state index contributed by atoms with van der Waals surface area (Å²) in [7, 11) is 2.09. The molecule has 1 amide bonds.